The molecule has 2 N–H and O–H groups in total. The molecule has 28 heavy (non-hydrogen) atoms. The summed E-state index contributed by atoms with van der Waals surface area (Å²) in [5.41, 5.74) is -0.366. The van der Waals surface area contributed by atoms with Crippen molar-refractivity contribution in [2.24, 2.45) is 0 Å². The molecule has 5 nitrogen and oxygen atoms in total. The average molecular weight is 408 g/mol. The molecular formula is C19H15F3N2O3S. The Morgan fingerprint density at radius 2 is 1.86 bits per heavy atom. The molecule has 0 atom stereocenters. The fourth-order valence-electron chi connectivity index (χ4n) is 2.66. The lowest BCUT2D eigenvalue weighted by Crippen LogP contribution is -2.19. The van der Waals surface area contributed by atoms with Gasteiger partial charge in [-0.3, -0.25) is 0 Å². The Kier molecular flexibility index (Phi) is 5.28. The number of methoxy groups -OCH3 is 1. The van der Waals surface area contributed by atoms with E-state index in [4.69, 9.17) is 21.4 Å². The summed E-state index contributed by atoms with van der Waals surface area (Å²) in [7, 11) is 1.56. The number of aryl methyl sites for hydroxylation is 1. The molecular weight excluding hydrogens is 393 g/mol. The molecule has 0 saturated carbocycles. The van der Waals surface area contributed by atoms with Gasteiger partial charge in [0, 0.05) is 22.8 Å². The van der Waals surface area contributed by atoms with Crippen molar-refractivity contribution in [3.8, 4) is 5.75 Å². The van der Waals surface area contributed by atoms with Crippen molar-refractivity contribution in [1.82, 2.24) is 0 Å². The molecule has 0 aliphatic heterocycles. The highest BCUT2D eigenvalue weighted by Crippen LogP contribution is 2.34. The monoisotopic (exact) mass is 408 g/mol. The molecule has 0 unspecified atom stereocenters. The second-order valence-corrected chi connectivity index (χ2v) is 6.36. The van der Waals surface area contributed by atoms with Crippen LogP contribution in [-0.2, 0) is 6.18 Å². The van der Waals surface area contributed by atoms with E-state index in [0.29, 0.717) is 17.5 Å². The quantitative estimate of drug-likeness (QED) is 0.473. The van der Waals surface area contributed by atoms with Crippen LogP contribution >= 0.6 is 12.2 Å². The van der Waals surface area contributed by atoms with E-state index in [1.165, 1.54) is 18.2 Å². The van der Waals surface area contributed by atoms with Crippen molar-refractivity contribution in [2.75, 3.05) is 17.7 Å². The highest BCUT2D eigenvalue weighted by molar-refractivity contribution is 7.80. The van der Waals surface area contributed by atoms with Crippen molar-refractivity contribution in [2.45, 2.75) is 13.1 Å². The van der Waals surface area contributed by atoms with Gasteiger partial charge in [0.2, 0.25) is 0 Å². The first-order chi connectivity index (χ1) is 13.2. The van der Waals surface area contributed by atoms with Crippen molar-refractivity contribution >= 4 is 39.7 Å². The normalized spacial score (nSPS) is 11.3. The topological polar surface area (TPSA) is 63.5 Å². The van der Waals surface area contributed by atoms with E-state index >= 15 is 0 Å². The van der Waals surface area contributed by atoms with Crippen LogP contribution in [-0.4, -0.2) is 12.2 Å². The zero-order valence-electron chi connectivity index (χ0n) is 14.8. The summed E-state index contributed by atoms with van der Waals surface area (Å²) < 4.78 is 49.7. The van der Waals surface area contributed by atoms with Crippen LogP contribution in [0.5, 0.6) is 5.75 Å². The number of nitrogens with one attached hydrogen (secondary N) is 2. The number of rotatable bonds is 3. The first kappa shape index (κ1) is 19.7. The van der Waals surface area contributed by atoms with Crippen LogP contribution in [0.2, 0.25) is 0 Å². The maximum atomic E-state index is 13.2. The smallest absolute Gasteiger partial charge is 0.417 e. The second-order valence-electron chi connectivity index (χ2n) is 5.95. The predicted octanol–water partition coefficient (Wildman–Crippen LogP) is 4.94. The molecule has 9 heteroatoms. The second kappa shape index (κ2) is 7.51. The van der Waals surface area contributed by atoms with Gasteiger partial charge in [-0.25, -0.2) is 4.79 Å². The third-order valence-electron chi connectivity index (χ3n) is 3.99. The third kappa shape index (κ3) is 4.25. The number of halogens is 3. The minimum atomic E-state index is -4.69. The Bertz CT molecular complexity index is 1110. The van der Waals surface area contributed by atoms with E-state index < -0.39 is 17.4 Å². The van der Waals surface area contributed by atoms with Gasteiger partial charge in [-0.15, -0.1) is 0 Å². The SMILES string of the molecule is COc1ccc(NC(=S)Nc2ccc3oc(=O)cc(C(F)(F)F)c3c2)c(C)c1. The van der Waals surface area contributed by atoms with Crippen LogP contribution < -0.4 is 21.0 Å². The molecule has 0 spiro atoms. The van der Waals surface area contributed by atoms with Crippen molar-refractivity contribution < 1.29 is 22.3 Å². The number of hydrogen-bond acceptors (Lipinski definition) is 4. The van der Waals surface area contributed by atoms with Crippen LogP contribution in [0.1, 0.15) is 11.1 Å². The van der Waals surface area contributed by atoms with Crippen LogP contribution in [0.15, 0.2) is 51.7 Å². The van der Waals surface area contributed by atoms with Crippen molar-refractivity contribution in [3.05, 3.63) is 64.0 Å². The number of fused-ring (bicyclic) bond motifs is 1. The number of hydrogen-bond donors (Lipinski definition) is 2. The first-order valence-electron chi connectivity index (χ1n) is 8.05. The lowest BCUT2D eigenvalue weighted by Gasteiger charge is -2.14. The van der Waals surface area contributed by atoms with Gasteiger partial charge in [-0.1, -0.05) is 0 Å². The first-order valence-corrected chi connectivity index (χ1v) is 8.46. The van der Waals surface area contributed by atoms with Crippen LogP contribution in [0.25, 0.3) is 11.0 Å². The molecule has 1 heterocycles. The molecule has 2 aromatic carbocycles. The summed E-state index contributed by atoms with van der Waals surface area (Å²) in [5.74, 6) is 0.692. The Balaban J connectivity index is 1.87. The summed E-state index contributed by atoms with van der Waals surface area (Å²) >= 11 is 5.24. The van der Waals surface area contributed by atoms with Gasteiger partial charge in [-0.05, 0) is 61.1 Å². The van der Waals surface area contributed by atoms with E-state index in [2.05, 4.69) is 10.6 Å². The van der Waals surface area contributed by atoms with Crippen LogP contribution in [0.4, 0.5) is 24.5 Å². The predicted molar refractivity (Wildman–Crippen MR) is 105 cm³/mol. The van der Waals surface area contributed by atoms with Gasteiger partial charge in [0.05, 0.1) is 12.7 Å². The van der Waals surface area contributed by atoms with E-state index in [1.807, 2.05) is 13.0 Å². The molecule has 146 valence electrons. The minimum absolute atomic E-state index is 0.157. The summed E-state index contributed by atoms with van der Waals surface area (Å²) in [6.45, 7) is 1.86. The maximum absolute atomic E-state index is 13.2. The number of benzene rings is 2. The van der Waals surface area contributed by atoms with E-state index in [1.54, 1.807) is 19.2 Å². The Labute approximate surface area is 163 Å². The van der Waals surface area contributed by atoms with Crippen LogP contribution in [0.3, 0.4) is 0 Å². The molecule has 0 aliphatic rings. The third-order valence-corrected chi connectivity index (χ3v) is 4.19. The van der Waals surface area contributed by atoms with Crippen molar-refractivity contribution in [1.29, 1.82) is 0 Å². The van der Waals surface area contributed by atoms with Crippen molar-refractivity contribution in [3.63, 3.8) is 0 Å². The van der Waals surface area contributed by atoms with Gasteiger partial charge < -0.3 is 19.8 Å². The molecule has 0 aliphatic carbocycles. The summed E-state index contributed by atoms with van der Waals surface area (Å²) in [6, 6.07) is 9.78. The lowest BCUT2D eigenvalue weighted by atomic mass is 10.1. The van der Waals surface area contributed by atoms with Gasteiger partial charge in [-0.2, -0.15) is 13.2 Å². The zero-order chi connectivity index (χ0) is 20.5. The molecule has 0 radical (unpaired) electrons. The number of ether oxygens (including phenoxy) is 1. The van der Waals surface area contributed by atoms with E-state index in [-0.39, 0.29) is 16.1 Å². The fraction of sp³-hybridized carbons (Fsp3) is 0.158. The number of anilines is 2. The Morgan fingerprint density at radius 1 is 1.11 bits per heavy atom. The molecule has 0 fully saturated rings. The summed E-state index contributed by atoms with van der Waals surface area (Å²) in [4.78, 5) is 11.4. The van der Waals surface area contributed by atoms with E-state index in [0.717, 1.165) is 11.3 Å². The van der Waals surface area contributed by atoms with Gasteiger partial charge >= 0.3 is 11.8 Å². The highest BCUT2D eigenvalue weighted by atomic mass is 32.1. The average Bonchev–Trinajstić information content (AvgIpc) is 2.62. The minimum Gasteiger partial charge on any atom is -0.497 e. The van der Waals surface area contributed by atoms with Gasteiger partial charge in [0.1, 0.15) is 11.3 Å². The molecule has 1 aromatic heterocycles. The van der Waals surface area contributed by atoms with Gasteiger partial charge in [0.15, 0.2) is 5.11 Å². The number of alkyl halides is 3. The zero-order valence-corrected chi connectivity index (χ0v) is 15.6. The lowest BCUT2D eigenvalue weighted by molar-refractivity contribution is -0.136. The molecule has 0 saturated heterocycles. The highest BCUT2D eigenvalue weighted by Gasteiger charge is 2.33. The molecule has 0 amide bonds. The Morgan fingerprint density at radius 3 is 2.50 bits per heavy atom. The molecule has 3 aromatic rings. The standard InChI is InChI=1S/C19H15F3N2O3S/c1-10-7-12(26-2)4-5-15(10)24-18(28)23-11-3-6-16-13(8-11)14(19(20,21)22)9-17(25)27-16/h3-9H,1-2H3,(H2,23,24,28). The van der Waals surface area contributed by atoms with Gasteiger partial charge in [0.25, 0.3) is 0 Å². The fourth-order valence-corrected chi connectivity index (χ4v) is 2.89. The van der Waals surface area contributed by atoms with Crippen LogP contribution in [0, 0.1) is 6.92 Å². The molecule has 0 bridgehead atoms. The summed E-state index contributed by atoms with van der Waals surface area (Å²) in [6.07, 6.45) is -4.69. The number of thiocarbonyl (C=S) groups is 1. The molecule has 3 rings (SSSR count). The summed E-state index contributed by atoms with van der Waals surface area (Å²) in [5, 5.41) is 5.77. The Hall–Kier alpha value is -3.07. The van der Waals surface area contributed by atoms with E-state index in [9.17, 15) is 18.0 Å². The maximum Gasteiger partial charge on any atom is 0.417 e. The largest absolute Gasteiger partial charge is 0.497 e.